The molecule has 0 bridgehead atoms. The van der Waals surface area contributed by atoms with Crippen molar-refractivity contribution in [1.29, 1.82) is 0 Å². The Balaban J connectivity index is 2.83. The third-order valence-electron chi connectivity index (χ3n) is 2.13. The van der Waals surface area contributed by atoms with Gasteiger partial charge in [0.05, 0.1) is 6.61 Å². The number of carboxylic acid groups (broad SMARTS) is 1. The lowest BCUT2D eigenvalue weighted by Gasteiger charge is -2.09. The third-order valence-corrected chi connectivity index (χ3v) is 2.63. The van der Waals surface area contributed by atoms with E-state index < -0.39 is 5.97 Å². The Morgan fingerprint density at radius 3 is 2.94 bits per heavy atom. The van der Waals surface area contributed by atoms with Gasteiger partial charge in [-0.15, -0.1) is 0 Å². The predicted octanol–water partition coefficient (Wildman–Crippen LogP) is 3.73. The van der Waals surface area contributed by atoms with E-state index in [1.54, 1.807) is 0 Å². The summed E-state index contributed by atoms with van der Waals surface area (Å²) in [6, 6.07) is 5.54. The summed E-state index contributed by atoms with van der Waals surface area (Å²) in [4.78, 5) is 10.5. The highest BCUT2D eigenvalue weighted by Crippen LogP contribution is 2.24. The second-order valence-corrected chi connectivity index (χ2v) is 4.47. The van der Waals surface area contributed by atoms with E-state index in [0.29, 0.717) is 12.4 Å². The van der Waals surface area contributed by atoms with Gasteiger partial charge >= 0.3 is 5.97 Å². The van der Waals surface area contributed by atoms with Gasteiger partial charge in [-0.1, -0.05) is 29.3 Å². The van der Waals surface area contributed by atoms with Gasteiger partial charge in [0, 0.05) is 16.1 Å². The molecule has 1 aromatic rings. The highest BCUT2D eigenvalue weighted by atomic mass is 79.9. The molecule has 0 radical (unpaired) electrons. The van der Waals surface area contributed by atoms with Crippen LogP contribution in [0.15, 0.2) is 28.7 Å². The summed E-state index contributed by atoms with van der Waals surface area (Å²) in [6.45, 7) is 2.74. The molecule has 0 aliphatic rings. The van der Waals surface area contributed by atoms with Crippen molar-refractivity contribution in [2.45, 2.75) is 19.8 Å². The lowest BCUT2D eigenvalue weighted by atomic mass is 10.2. The fraction of sp³-hybridized carbons (Fsp3) is 0.308. The van der Waals surface area contributed by atoms with E-state index in [4.69, 9.17) is 9.84 Å². The molecule has 1 N–H and O–H groups in total. The molecule has 0 fully saturated rings. The predicted molar refractivity (Wildman–Crippen MR) is 71.2 cm³/mol. The Kier molecular flexibility index (Phi) is 5.77. The molecule has 17 heavy (non-hydrogen) atoms. The molecule has 0 atom stereocenters. The highest BCUT2D eigenvalue weighted by Gasteiger charge is 2.02. The van der Waals surface area contributed by atoms with Gasteiger partial charge in [-0.25, -0.2) is 4.79 Å². The first-order valence-electron chi connectivity index (χ1n) is 5.47. The van der Waals surface area contributed by atoms with Gasteiger partial charge in [0.25, 0.3) is 0 Å². The molecule has 92 valence electrons. The first kappa shape index (κ1) is 13.8. The lowest BCUT2D eigenvalue weighted by molar-refractivity contribution is -0.131. The quantitative estimate of drug-likeness (QED) is 0.643. The molecular formula is C13H15BrO3. The van der Waals surface area contributed by atoms with Crippen LogP contribution in [-0.4, -0.2) is 17.7 Å². The van der Waals surface area contributed by atoms with Crippen molar-refractivity contribution in [3.8, 4) is 5.75 Å². The standard InChI is InChI=1S/C13H15BrO3/c1-2-3-8-17-12-6-5-11(14)9-10(12)4-7-13(15)16/h4-7,9H,2-3,8H2,1H3,(H,15,16). The molecule has 0 aliphatic heterocycles. The number of aliphatic carboxylic acids is 1. The Bertz CT molecular complexity index is 413. The van der Waals surface area contributed by atoms with Crippen molar-refractivity contribution in [3.63, 3.8) is 0 Å². The Hall–Kier alpha value is -1.29. The molecule has 3 nitrogen and oxygen atoms in total. The second-order valence-electron chi connectivity index (χ2n) is 3.56. The normalized spacial score (nSPS) is 10.7. The Labute approximate surface area is 109 Å². The summed E-state index contributed by atoms with van der Waals surface area (Å²) in [6.07, 6.45) is 4.69. The molecular weight excluding hydrogens is 284 g/mol. The van der Waals surface area contributed by atoms with Crippen LogP contribution in [0.5, 0.6) is 5.75 Å². The molecule has 0 heterocycles. The van der Waals surface area contributed by atoms with Crippen molar-refractivity contribution in [3.05, 3.63) is 34.3 Å². The molecule has 0 aromatic heterocycles. The van der Waals surface area contributed by atoms with Crippen molar-refractivity contribution in [1.82, 2.24) is 0 Å². The number of ether oxygens (including phenoxy) is 1. The van der Waals surface area contributed by atoms with Crippen LogP contribution in [0.25, 0.3) is 6.08 Å². The van der Waals surface area contributed by atoms with Crippen LogP contribution < -0.4 is 4.74 Å². The largest absolute Gasteiger partial charge is 0.493 e. The van der Waals surface area contributed by atoms with Gasteiger partial charge in [-0.05, 0) is 30.7 Å². The zero-order valence-corrected chi connectivity index (χ0v) is 11.2. The zero-order chi connectivity index (χ0) is 12.7. The Morgan fingerprint density at radius 1 is 1.53 bits per heavy atom. The first-order chi connectivity index (χ1) is 8.13. The van der Waals surface area contributed by atoms with Gasteiger partial charge in [-0.3, -0.25) is 0 Å². The molecule has 0 saturated heterocycles. The number of hydrogen-bond acceptors (Lipinski definition) is 2. The summed E-state index contributed by atoms with van der Waals surface area (Å²) in [5.41, 5.74) is 0.762. The summed E-state index contributed by atoms with van der Waals surface area (Å²) in [7, 11) is 0. The van der Waals surface area contributed by atoms with E-state index in [-0.39, 0.29) is 0 Å². The molecule has 0 saturated carbocycles. The molecule has 0 unspecified atom stereocenters. The van der Waals surface area contributed by atoms with Gasteiger partial charge in [0.2, 0.25) is 0 Å². The summed E-state index contributed by atoms with van der Waals surface area (Å²) in [5.74, 6) is -0.261. The van der Waals surface area contributed by atoms with E-state index >= 15 is 0 Å². The maximum Gasteiger partial charge on any atom is 0.328 e. The fourth-order valence-electron chi connectivity index (χ4n) is 1.27. The van der Waals surface area contributed by atoms with Crippen molar-refractivity contribution >= 4 is 28.0 Å². The van der Waals surface area contributed by atoms with Crippen molar-refractivity contribution in [2.24, 2.45) is 0 Å². The molecule has 0 amide bonds. The topological polar surface area (TPSA) is 46.5 Å². The van der Waals surface area contributed by atoms with Gasteiger partial charge in [-0.2, -0.15) is 0 Å². The van der Waals surface area contributed by atoms with Crippen molar-refractivity contribution < 1.29 is 14.6 Å². The summed E-state index contributed by atoms with van der Waals surface area (Å²) >= 11 is 3.35. The highest BCUT2D eigenvalue weighted by molar-refractivity contribution is 9.10. The van der Waals surface area contributed by atoms with Crippen LogP contribution >= 0.6 is 15.9 Å². The summed E-state index contributed by atoms with van der Waals surface area (Å²) in [5, 5.41) is 8.61. The third kappa shape index (κ3) is 5.04. The minimum atomic E-state index is -0.968. The molecule has 0 spiro atoms. The van der Waals surface area contributed by atoms with Crippen LogP contribution in [0.3, 0.4) is 0 Å². The van der Waals surface area contributed by atoms with Crippen LogP contribution in [0.2, 0.25) is 0 Å². The van der Waals surface area contributed by atoms with E-state index in [1.807, 2.05) is 18.2 Å². The number of benzene rings is 1. The number of hydrogen-bond donors (Lipinski definition) is 1. The average Bonchev–Trinajstić information content (AvgIpc) is 2.29. The van der Waals surface area contributed by atoms with E-state index in [0.717, 1.165) is 29.0 Å². The zero-order valence-electron chi connectivity index (χ0n) is 9.65. The van der Waals surface area contributed by atoms with Gasteiger partial charge in [0.1, 0.15) is 5.75 Å². The molecule has 0 aliphatic carbocycles. The van der Waals surface area contributed by atoms with Gasteiger partial charge < -0.3 is 9.84 Å². The lowest BCUT2D eigenvalue weighted by Crippen LogP contribution is -1.98. The minimum absolute atomic E-state index is 0.645. The van der Waals surface area contributed by atoms with Crippen LogP contribution in [-0.2, 0) is 4.79 Å². The van der Waals surface area contributed by atoms with Crippen LogP contribution in [0.1, 0.15) is 25.3 Å². The molecule has 1 rings (SSSR count). The number of carboxylic acids is 1. The average molecular weight is 299 g/mol. The first-order valence-corrected chi connectivity index (χ1v) is 6.26. The summed E-state index contributed by atoms with van der Waals surface area (Å²) < 4.78 is 6.49. The maximum absolute atomic E-state index is 10.5. The maximum atomic E-state index is 10.5. The van der Waals surface area contributed by atoms with Crippen LogP contribution in [0.4, 0.5) is 0 Å². The van der Waals surface area contributed by atoms with Crippen LogP contribution in [0, 0.1) is 0 Å². The smallest absolute Gasteiger partial charge is 0.328 e. The number of rotatable bonds is 6. The second kappa shape index (κ2) is 7.12. The Morgan fingerprint density at radius 2 is 2.29 bits per heavy atom. The molecule has 4 heteroatoms. The van der Waals surface area contributed by atoms with E-state index in [2.05, 4.69) is 22.9 Å². The number of carbonyl (C=O) groups is 1. The fourth-order valence-corrected chi connectivity index (χ4v) is 1.65. The minimum Gasteiger partial charge on any atom is -0.493 e. The number of halogens is 1. The van der Waals surface area contributed by atoms with Crippen molar-refractivity contribution in [2.75, 3.05) is 6.61 Å². The van der Waals surface area contributed by atoms with Gasteiger partial charge in [0.15, 0.2) is 0 Å². The molecule has 1 aromatic carbocycles. The van der Waals surface area contributed by atoms with E-state index in [1.165, 1.54) is 6.08 Å². The van der Waals surface area contributed by atoms with E-state index in [9.17, 15) is 4.79 Å². The SMILES string of the molecule is CCCCOc1ccc(Br)cc1C=CC(=O)O. The monoisotopic (exact) mass is 298 g/mol. The number of unbranched alkanes of at least 4 members (excludes halogenated alkanes) is 1.